The molecule has 0 N–H and O–H groups in total. The van der Waals surface area contributed by atoms with Crippen molar-refractivity contribution in [3.63, 3.8) is 0 Å². The van der Waals surface area contributed by atoms with E-state index in [1.165, 1.54) is 29.2 Å². The van der Waals surface area contributed by atoms with Gasteiger partial charge in [0.1, 0.15) is 5.82 Å². The lowest BCUT2D eigenvalue weighted by Crippen LogP contribution is -2.29. The van der Waals surface area contributed by atoms with Crippen molar-refractivity contribution in [2.75, 3.05) is 4.90 Å². The van der Waals surface area contributed by atoms with Gasteiger partial charge >= 0.3 is 0 Å². The number of thiocarbonyl (C=S) groups is 1. The SMILES string of the molecule is Cc1ccc(C(=O)[O-])cc1N1C(=O)/C(=C/c2ccc(F)cc2)SC1=S. The van der Waals surface area contributed by atoms with E-state index in [9.17, 15) is 19.1 Å². The highest BCUT2D eigenvalue weighted by atomic mass is 32.2. The third-order valence-corrected chi connectivity index (χ3v) is 4.95. The lowest BCUT2D eigenvalue weighted by atomic mass is 10.1. The van der Waals surface area contributed by atoms with Crippen molar-refractivity contribution in [1.82, 2.24) is 0 Å². The van der Waals surface area contributed by atoms with E-state index in [0.717, 1.165) is 11.8 Å². The number of carbonyl (C=O) groups excluding carboxylic acids is 2. The van der Waals surface area contributed by atoms with Gasteiger partial charge in [-0.2, -0.15) is 0 Å². The average molecular weight is 372 g/mol. The van der Waals surface area contributed by atoms with Crippen LogP contribution in [0.3, 0.4) is 0 Å². The number of benzene rings is 2. The molecule has 0 unspecified atom stereocenters. The standard InChI is InChI=1S/C18H12FNO3S2/c1-10-2-5-12(17(22)23)9-14(10)20-16(21)15(25-18(20)24)8-11-3-6-13(19)7-4-11/h2-9H,1H3,(H,22,23)/p-1/b15-8-. The molecule has 0 radical (unpaired) electrons. The van der Waals surface area contributed by atoms with Crippen molar-refractivity contribution >= 4 is 51.9 Å². The van der Waals surface area contributed by atoms with Crippen molar-refractivity contribution in [3.8, 4) is 0 Å². The number of amides is 1. The molecule has 0 bridgehead atoms. The van der Waals surface area contributed by atoms with Crippen LogP contribution >= 0.6 is 24.0 Å². The Morgan fingerprint density at radius 2 is 1.92 bits per heavy atom. The number of carbonyl (C=O) groups is 2. The van der Waals surface area contributed by atoms with Crippen LogP contribution in [-0.2, 0) is 4.79 Å². The van der Waals surface area contributed by atoms with Gasteiger partial charge in [0.15, 0.2) is 4.32 Å². The van der Waals surface area contributed by atoms with E-state index in [0.29, 0.717) is 26.0 Å². The van der Waals surface area contributed by atoms with E-state index in [1.807, 2.05) is 0 Å². The van der Waals surface area contributed by atoms with Gasteiger partial charge in [-0.3, -0.25) is 9.69 Å². The molecule has 25 heavy (non-hydrogen) atoms. The zero-order chi connectivity index (χ0) is 18.1. The summed E-state index contributed by atoms with van der Waals surface area (Å²) in [5.41, 5.74) is 1.76. The molecule has 1 fully saturated rings. The van der Waals surface area contributed by atoms with Gasteiger partial charge in [0.25, 0.3) is 5.91 Å². The summed E-state index contributed by atoms with van der Waals surface area (Å²) in [5.74, 6) is -2.04. The zero-order valence-electron chi connectivity index (χ0n) is 13.0. The lowest BCUT2D eigenvalue weighted by molar-refractivity contribution is -0.255. The number of rotatable bonds is 3. The van der Waals surface area contributed by atoms with Crippen LogP contribution in [0.2, 0.25) is 0 Å². The highest BCUT2D eigenvalue weighted by Crippen LogP contribution is 2.37. The van der Waals surface area contributed by atoms with Crippen LogP contribution in [0, 0.1) is 12.7 Å². The van der Waals surface area contributed by atoms with Gasteiger partial charge in [-0.1, -0.05) is 48.2 Å². The molecule has 1 saturated heterocycles. The van der Waals surface area contributed by atoms with E-state index < -0.39 is 5.97 Å². The Balaban J connectivity index is 1.98. The molecular formula is C18H11FNO3S2-. The maximum atomic E-state index is 13.0. The normalized spacial score (nSPS) is 15.9. The fourth-order valence-electron chi connectivity index (χ4n) is 2.36. The molecule has 0 atom stereocenters. The molecule has 1 heterocycles. The zero-order valence-corrected chi connectivity index (χ0v) is 14.6. The first kappa shape index (κ1) is 17.3. The van der Waals surface area contributed by atoms with Gasteiger partial charge < -0.3 is 9.90 Å². The average Bonchev–Trinajstić information content (AvgIpc) is 2.84. The highest BCUT2D eigenvalue weighted by molar-refractivity contribution is 8.27. The molecule has 1 aliphatic rings. The molecule has 0 saturated carbocycles. The van der Waals surface area contributed by atoms with Gasteiger partial charge in [0.2, 0.25) is 0 Å². The summed E-state index contributed by atoms with van der Waals surface area (Å²) < 4.78 is 13.3. The number of anilines is 1. The third kappa shape index (κ3) is 3.47. The number of hydrogen-bond donors (Lipinski definition) is 0. The lowest BCUT2D eigenvalue weighted by Gasteiger charge is -2.18. The predicted molar refractivity (Wildman–Crippen MR) is 97.6 cm³/mol. The summed E-state index contributed by atoms with van der Waals surface area (Å²) in [6.45, 7) is 1.76. The van der Waals surface area contributed by atoms with Crippen LogP contribution in [0.25, 0.3) is 6.08 Å². The van der Waals surface area contributed by atoms with Crippen LogP contribution in [0.1, 0.15) is 21.5 Å². The van der Waals surface area contributed by atoms with Gasteiger partial charge in [0.05, 0.1) is 16.6 Å². The highest BCUT2D eigenvalue weighted by Gasteiger charge is 2.34. The third-order valence-electron chi connectivity index (χ3n) is 3.65. The van der Waals surface area contributed by atoms with Crippen LogP contribution in [0.15, 0.2) is 47.4 Å². The summed E-state index contributed by atoms with van der Waals surface area (Å²) in [5, 5.41) is 11.1. The summed E-state index contributed by atoms with van der Waals surface area (Å²) in [6.07, 6.45) is 1.62. The van der Waals surface area contributed by atoms with E-state index >= 15 is 0 Å². The minimum absolute atomic E-state index is 0.0304. The molecule has 0 aromatic heterocycles. The summed E-state index contributed by atoms with van der Waals surface area (Å²) in [6, 6.07) is 10.1. The van der Waals surface area contributed by atoms with Gasteiger partial charge in [-0.05, 0) is 47.9 Å². The number of nitrogens with zero attached hydrogens (tertiary/aromatic N) is 1. The Labute approximate surface area is 153 Å². The van der Waals surface area contributed by atoms with Crippen molar-refractivity contribution < 1.29 is 19.1 Å². The second kappa shape index (κ2) is 6.78. The van der Waals surface area contributed by atoms with Crippen LogP contribution in [0.5, 0.6) is 0 Å². The fourth-order valence-corrected chi connectivity index (χ4v) is 3.65. The van der Waals surface area contributed by atoms with E-state index in [2.05, 4.69) is 0 Å². The summed E-state index contributed by atoms with van der Waals surface area (Å²) in [7, 11) is 0. The van der Waals surface area contributed by atoms with Gasteiger partial charge in [-0.25, -0.2) is 4.39 Å². The second-order valence-electron chi connectivity index (χ2n) is 5.36. The van der Waals surface area contributed by atoms with Gasteiger partial charge in [-0.15, -0.1) is 0 Å². The summed E-state index contributed by atoms with van der Waals surface area (Å²) >= 11 is 6.40. The molecular weight excluding hydrogens is 361 g/mol. The van der Waals surface area contributed by atoms with E-state index in [-0.39, 0.29) is 17.3 Å². The maximum absolute atomic E-state index is 13.0. The van der Waals surface area contributed by atoms with Gasteiger partial charge in [0, 0.05) is 0 Å². The quantitative estimate of drug-likeness (QED) is 0.612. The molecule has 2 aromatic carbocycles. The van der Waals surface area contributed by atoms with Crippen LogP contribution in [0.4, 0.5) is 10.1 Å². The Morgan fingerprint density at radius 3 is 2.56 bits per heavy atom. The first-order valence-corrected chi connectivity index (χ1v) is 8.45. The van der Waals surface area contributed by atoms with Crippen LogP contribution in [-0.4, -0.2) is 16.2 Å². The van der Waals surface area contributed by atoms with Crippen molar-refractivity contribution in [3.05, 3.63) is 69.9 Å². The number of aromatic carboxylic acids is 1. The largest absolute Gasteiger partial charge is 0.545 e. The first-order valence-electron chi connectivity index (χ1n) is 7.22. The molecule has 1 amide bonds. The van der Waals surface area contributed by atoms with E-state index in [1.54, 1.807) is 31.2 Å². The Hall–Kier alpha value is -2.51. The predicted octanol–water partition coefficient (Wildman–Crippen LogP) is 2.90. The topological polar surface area (TPSA) is 60.4 Å². The van der Waals surface area contributed by atoms with Crippen molar-refractivity contribution in [2.45, 2.75) is 6.92 Å². The van der Waals surface area contributed by atoms with Crippen molar-refractivity contribution in [1.29, 1.82) is 0 Å². The van der Waals surface area contributed by atoms with Crippen LogP contribution < -0.4 is 10.0 Å². The monoisotopic (exact) mass is 372 g/mol. The number of hydrogen-bond acceptors (Lipinski definition) is 5. The molecule has 126 valence electrons. The van der Waals surface area contributed by atoms with E-state index in [4.69, 9.17) is 12.2 Å². The Bertz CT molecular complexity index is 922. The number of carboxylic acid groups (broad SMARTS) is 1. The number of aryl methyl sites for hydroxylation is 1. The molecule has 2 aromatic rings. The molecule has 7 heteroatoms. The number of carboxylic acids is 1. The maximum Gasteiger partial charge on any atom is 0.270 e. The first-order chi connectivity index (χ1) is 11.9. The second-order valence-corrected chi connectivity index (χ2v) is 7.03. The molecule has 3 rings (SSSR count). The number of halogens is 1. The Morgan fingerprint density at radius 1 is 1.24 bits per heavy atom. The molecule has 0 aliphatic carbocycles. The minimum Gasteiger partial charge on any atom is -0.545 e. The molecule has 0 spiro atoms. The number of thioether (sulfide) groups is 1. The Kier molecular flexibility index (Phi) is 4.69. The summed E-state index contributed by atoms with van der Waals surface area (Å²) in [4.78, 5) is 25.5. The smallest absolute Gasteiger partial charge is 0.270 e. The fraction of sp³-hybridized carbons (Fsp3) is 0.0556. The molecule has 1 aliphatic heterocycles. The minimum atomic E-state index is -1.33. The van der Waals surface area contributed by atoms with Crippen molar-refractivity contribution in [2.24, 2.45) is 0 Å². The molecule has 4 nitrogen and oxygen atoms in total.